The predicted molar refractivity (Wildman–Crippen MR) is 99.9 cm³/mol. The Morgan fingerprint density at radius 3 is 1.25 bits per heavy atom. The van der Waals surface area contributed by atoms with E-state index in [1.165, 1.54) is 0 Å². The molecule has 6 heteroatoms. The van der Waals surface area contributed by atoms with Gasteiger partial charge in [-0.05, 0) is 52.2 Å². The third-order valence-electron chi connectivity index (χ3n) is 3.89. The first-order chi connectivity index (χ1) is 11.4. The number of nitrogens with zero attached hydrogens (tertiary/aromatic N) is 2. The van der Waals surface area contributed by atoms with Crippen LogP contribution >= 0.6 is 23.2 Å². The third kappa shape index (κ3) is 4.74. The maximum Gasteiger partial charge on any atom is 0.206 e. The van der Waals surface area contributed by atoms with E-state index in [9.17, 15) is 9.59 Å². The average molecular weight is 371 g/mol. The van der Waals surface area contributed by atoms with Crippen molar-refractivity contribution in [3.63, 3.8) is 0 Å². The van der Waals surface area contributed by atoms with Gasteiger partial charge >= 0.3 is 0 Å². The van der Waals surface area contributed by atoms with Crippen LogP contribution in [0, 0.1) is 0 Å². The van der Waals surface area contributed by atoms with E-state index in [0.29, 0.717) is 0 Å². The summed E-state index contributed by atoms with van der Waals surface area (Å²) in [6.07, 6.45) is 6.62. The Morgan fingerprint density at radius 2 is 1.00 bits per heavy atom. The first-order valence-electron chi connectivity index (χ1n) is 8.14. The van der Waals surface area contributed by atoms with Gasteiger partial charge in [-0.1, -0.05) is 23.2 Å². The molecule has 0 atom stereocenters. The molecule has 1 aliphatic rings. The molecular formula is C18H24Cl2N2O2. The van der Waals surface area contributed by atoms with Crippen molar-refractivity contribution in [3.8, 4) is 0 Å². The minimum Gasteiger partial charge on any atom is -0.378 e. The predicted octanol–water partition coefficient (Wildman–Crippen LogP) is 3.84. The number of hydrogen-bond donors (Lipinski definition) is 0. The summed E-state index contributed by atoms with van der Waals surface area (Å²) in [4.78, 5) is 28.9. The van der Waals surface area contributed by atoms with Crippen LogP contribution in [0.2, 0.25) is 0 Å². The zero-order valence-electron chi connectivity index (χ0n) is 14.6. The highest BCUT2D eigenvalue weighted by molar-refractivity contribution is 6.56. The number of allylic oxidation sites excluding steroid dienone is 6. The molecule has 0 aromatic rings. The maximum atomic E-state index is 12.5. The summed E-state index contributed by atoms with van der Waals surface area (Å²) in [6, 6.07) is 0. The van der Waals surface area contributed by atoms with Crippen LogP contribution in [-0.2, 0) is 9.59 Å². The topological polar surface area (TPSA) is 40.6 Å². The Hall–Kier alpha value is -1.52. The van der Waals surface area contributed by atoms with Gasteiger partial charge in [-0.15, -0.1) is 0 Å². The van der Waals surface area contributed by atoms with E-state index in [1.807, 2.05) is 37.5 Å². The summed E-state index contributed by atoms with van der Waals surface area (Å²) in [5.41, 5.74) is 0.275. The molecule has 0 heterocycles. The highest BCUT2D eigenvalue weighted by Gasteiger charge is 2.30. The molecule has 0 aromatic heterocycles. The molecule has 132 valence electrons. The van der Waals surface area contributed by atoms with Crippen LogP contribution < -0.4 is 0 Å². The zero-order chi connectivity index (χ0) is 18.3. The van der Waals surface area contributed by atoms with Crippen LogP contribution in [0.15, 0.2) is 45.8 Å². The summed E-state index contributed by atoms with van der Waals surface area (Å²) >= 11 is 12.3. The molecule has 1 aliphatic carbocycles. The summed E-state index contributed by atoms with van der Waals surface area (Å²) in [5, 5.41) is -0.181. The minimum absolute atomic E-state index is 0.0907. The largest absolute Gasteiger partial charge is 0.378 e. The molecule has 1 rings (SSSR count). The van der Waals surface area contributed by atoms with Gasteiger partial charge in [0.15, 0.2) is 0 Å². The first-order valence-corrected chi connectivity index (χ1v) is 8.90. The van der Waals surface area contributed by atoms with Crippen molar-refractivity contribution in [1.82, 2.24) is 9.80 Å². The smallest absolute Gasteiger partial charge is 0.206 e. The van der Waals surface area contributed by atoms with Crippen molar-refractivity contribution in [3.05, 3.63) is 45.8 Å². The fourth-order valence-corrected chi connectivity index (χ4v) is 2.71. The SMILES string of the molecule is CCN(/C=C\C1=C(Cl)C(=O)C(/C=C/N(CC)CC)=C(Cl)C1=O)CC. The van der Waals surface area contributed by atoms with Crippen molar-refractivity contribution in [2.75, 3.05) is 26.2 Å². The number of carbonyl (C=O) groups excluding carboxylic acids is 2. The van der Waals surface area contributed by atoms with Gasteiger partial charge in [0.05, 0.1) is 10.1 Å². The van der Waals surface area contributed by atoms with E-state index in [1.54, 1.807) is 24.6 Å². The van der Waals surface area contributed by atoms with Crippen LogP contribution in [0.1, 0.15) is 27.7 Å². The molecule has 0 saturated carbocycles. The number of ketones is 2. The molecule has 4 nitrogen and oxygen atoms in total. The van der Waals surface area contributed by atoms with E-state index in [4.69, 9.17) is 23.2 Å². The van der Waals surface area contributed by atoms with Crippen molar-refractivity contribution in [1.29, 1.82) is 0 Å². The Labute approximate surface area is 154 Å². The van der Waals surface area contributed by atoms with E-state index < -0.39 is 11.6 Å². The fraction of sp³-hybridized carbons (Fsp3) is 0.444. The summed E-state index contributed by atoms with van der Waals surface area (Å²) in [5.74, 6) is -0.854. The Morgan fingerprint density at radius 1 is 0.708 bits per heavy atom. The van der Waals surface area contributed by atoms with Crippen LogP contribution in [0.3, 0.4) is 0 Å². The number of rotatable bonds is 8. The lowest BCUT2D eigenvalue weighted by molar-refractivity contribution is -0.115. The molecule has 0 bridgehead atoms. The second-order valence-corrected chi connectivity index (χ2v) is 5.94. The molecule has 0 aromatic carbocycles. The van der Waals surface area contributed by atoms with Crippen LogP contribution in [-0.4, -0.2) is 47.5 Å². The lowest BCUT2D eigenvalue weighted by Crippen LogP contribution is -2.21. The molecule has 0 unspecified atom stereocenters. The Balaban J connectivity index is 3.13. The maximum absolute atomic E-state index is 12.5. The van der Waals surface area contributed by atoms with E-state index >= 15 is 0 Å². The molecule has 0 amide bonds. The van der Waals surface area contributed by atoms with Gasteiger partial charge in [0.1, 0.15) is 0 Å². The minimum atomic E-state index is -0.427. The van der Waals surface area contributed by atoms with Gasteiger partial charge in [0.25, 0.3) is 0 Å². The molecule has 0 spiro atoms. The quantitative estimate of drug-likeness (QED) is 0.608. The van der Waals surface area contributed by atoms with Crippen molar-refractivity contribution >= 4 is 34.8 Å². The van der Waals surface area contributed by atoms with E-state index in [2.05, 4.69) is 0 Å². The van der Waals surface area contributed by atoms with Crippen molar-refractivity contribution in [2.45, 2.75) is 27.7 Å². The van der Waals surface area contributed by atoms with E-state index in [0.717, 1.165) is 26.2 Å². The van der Waals surface area contributed by atoms with Gasteiger partial charge in [0.2, 0.25) is 11.6 Å². The summed E-state index contributed by atoms with van der Waals surface area (Å²) in [6.45, 7) is 11.2. The van der Waals surface area contributed by atoms with Gasteiger partial charge < -0.3 is 9.80 Å². The second kappa shape index (κ2) is 9.70. The van der Waals surface area contributed by atoms with Crippen LogP contribution in [0.4, 0.5) is 0 Å². The molecule has 24 heavy (non-hydrogen) atoms. The summed E-state index contributed by atoms with van der Waals surface area (Å²) in [7, 11) is 0. The summed E-state index contributed by atoms with van der Waals surface area (Å²) < 4.78 is 0. The monoisotopic (exact) mass is 370 g/mol. The molecular weight excluding hydrogens is 347 g/mol. The highest BCUT2D eigenvalue weighted by Crippen LogP contribution is 2.30. The molecule has 0 fully saturated rings. The number of halogens is 2. The van der Waals surface area contributed by atoms with Crippen LogP contribution in [0.5, 0.6) is 0 Å². The number of Topliss-reactive ketones (excluding diaryl/α,β-unsaturated/α-hetero) is 2. The Kier molecular flexibility index (Phi) is 8.29. The standard InChI is InChI=1S/C18H24Cl2N2O2/c1-5-21(6-2)11-9-13-15(19)18(24)14(16(20)17(13)23)10-12-22(7-3)8-4/h9-12H,5-8H2,1-4H3/b11-9-,12-10+. The fourth-order valence-electron chi connectivity index (χ4n) is 2.21. The third-order valence-corrected chi connectivity index (χ3v) is 4.64. The molecule has 0 aliphatic heterocycles. The first kappa shape index (κ1) is 20.5. The average Bonchev–Trinajstić information content (AvgIpc) is 2.59. The lowest BCUT2D eigenvalue weighted by Gasteiger charge is -2.18. The van der Waals surface area contributed by atoms with Crippen LogP contribution in [0.25, 0.3) is 0 Å². The van der Waals surface area contributed by atoms with Gasteiger partial charge in [-0.3, -0.25) is 9.59 Å². The number of hydrogen-bond acceptors (Lipinski definition) is 4. The lowest BCUT2D eigenvalue weighted by atomic mass is 9.96. The van der Waals surface area contributed by atoms with Crippen molar-refractivity contribution in [2.24, 2.45) is 0 Å². The zero-order valence-corrected chi connectivity index (χ0v) is 16.1. The molecule has 0 radical (unpaired) electrons. The Bertz CT molecular complexity index is 557. The molecule has 0 N–H and O–H groups in total. The number of carbonyl (C=O) groups is 2. The molecule has 0 saturated heterocycles. The van der Waals surface area contributed by atoms with Gasteiger partial charge in [0, 0.05) is 37.3 Å². The highest BCUT2D eigenvalue weighted by atomic mass is 35.5. The van der Waals surface area contributed by atoms with Gasteiger partial charge in [-0.2, -0.15) is 0 Å². The normalized spacial score (nSPS) is 16.1. The van der Waals surface area contributed by atoms with E-state index in [-0.39, 0.29) is 21.2 Å². The van der Waals surface area contributed by atoms with Crippen molar-refractivity contribution < 1.29 is 9.59 Å². The van der Waals surface area contributed by atoms with Gasteiger partial charge in [-0.25, -0.2) is 0 Å². The second-order valence-electron chi connectivity index (χ2n) is 5.19.